The summed E-state index contributed by atoms with van der Waals surface area (Å²) in [4.78, 5) is 10.7. The normalized spacial score (nSPS) is 8.79. The molecular weight excluding hydrogens is 182 g/mol. The molecule has 14 heavy (non-hydrogen) atoms. The second kappa shape index (κ2) is 4.06. The van der Waals surface area contributed by atoms with Gasteiger partial charge in [0.05, 0.1) is 18.2 Å². The van der Waals surface area contributed by atoms with Crippen LogP contribution in [0, 0.1) is 22.7 Å². The monoisotopic (exact) mass is 189 g/mol. The first kappa shape index (κ1) is 9.75. The van der Waals surface area contributed by atoms with Gasteiger partial charge in [-0.25, -0.2) is 0 Å². The number of nitrogens with one attached hydrogen (secondary N) is 2. The average molecular weight is 189 g/mol. The maximum atomic E-state index is 10.7. The van der Waals surface area contributed by atoms with E-state index >= 15 is 0 Å². The molecule has 0 aromatic carbocycles. The van der Waals surface area contributed by atoms with E-state index in [2.05, 4.69) is 15.5 Å². The minimum absolute atomic E-state index is 0.0650. The standard InChI is InChI=1S/C8H7N5O/c1-5(14)11-8-6(4-10)7(2-3-9)12-13-8/h2H2,1H3,(H2,11,12,13,14). The molecule has 1 aromatic rings. The Bertz CT molecular complexity index is 434. The number of aromatic nitrogens is 2. The zero-order valence-electron chi connectivity index (χ0n) is 7.46. The molecule has 1 aromatic heterocycles. The van der Waals surface area contributed by atoms with Crippen molar-refractivity contribution in [2.75, 3.05) is 5.32 Å². The fraction of sp³-hybridized carbons (Fsp3) is 0.250. The fourth-order valence-electron chi connectivity index (χ4n) is 0.963. The van der Waals surface area contributed by atoms with Gasteiger partial charge < -0.3 is 5.32 Å². The van der Waals surface area contributed by atoms with E-state index < -0.39 is 0 Å². The second-order valence-corrected chi connectivity index (χ2v) is 2.55. The third-order valence-electron chi connectivity index (χ3n) is 1.50. The summed E-state index contributed by atoms with van der Waals surface area (Å²) < 4.78 is 0. The number of H-pyrrole nitrogens is 1. The van der Waals surface area contributed by atoms with Gasteiger partial charge in [-0.05, 0) is 0 Å². The maximum Gasteiger partial charge on any atom is 0.222 e. The van der Waals surface area contributed by atoms with Gasteiger partial charge in [0, 0.05) is 6.92 Å². The molecule has 0 aliphatic rings. The lowest BCUT2D eigenvalue weighted by atomic mass is 10.2. The quantitative estimate of drug-likeness (QED) is 0.698. The lowest BCUT2D eigenvalue weighted by Crippen LogP contribution is -2.07. The first-order valence-corrected chi connectivity index (χ1v) is 3.81. The Kier molecular flexibility index (Phi) is 2.82. The number of nitriles is 2. The summed E-state index contributed by atoms with van der Waals surface area (Å²) in [6.45, 7) is 1.32. The second-order valence-electron chi connectivity index (χ2n) is 2.55. The van der Waals surface area contributed by atoms with Crippen molar-refractivity contribution in [2.45, 2.75) is 13.3 Å². The van der Waals surface area contributed by atoms with Crippen LogP contribution in [0.15, 0.2) is 0 Å². The Balaban J connectivity index is 3.04. The third kappa shape index (κ3) is 1.87. The van der Waals surface area contributed by atoms with E-state index in [-0.39, 0.29) is 23.7 Å². The smallest absolute Gasteiger partial charge is 0.222 e. The molecule has 0 aliphatic carbocycles. The van der Waals surface area contributed by atoms with E-state index in [9.17, 15) is 4.79 Å². The zero-order valence-corrected chi connectivity index (χ0v) is 7.46. The Morgan fingerprint density at radius 2 is 2.36 bits per heavy atom. The van der Waals surface area contributed by atoms with Crippen molar-refractivity contribution in [3.8, 4) is 12.1 Å². The number of anilines is 1. The van der Waals surface area contributed by atoms with Crippen LogP contribution < -0.4 is 5.32 Å². The van der Waals surface area contributed by atoms with Gasteiger partial charge in [0.2, 0.25) is 5.91 Å². The molecule has 0 radical (unpaired) electrons. The van der Waals surface area contributed by atoms with Crippen LogP contribution >= 0.6 is 0 Å². The minimum Gasteiger partial charge on any atom is -0.308 e. The van der Waals surface area contributed by atoms with E-state index in [0.29, 0.717) is 5.69 Å². The lowest BCUT2D eigenvalue weighted by molar-refractivity contribution is -0.114. The van der Waals surface area contributed by atoms with Crippen LogP contribution in [0.25, 0.3) is 0 Å². The number of carbonyl (C=O) groups excluding carboxylic acids is 1. The van der Waals surface area contributed by atoms with Gasteiger partial charge in [-0.1, -0.05) is 0 Å². The predicted molar refractivity (Wildman–Crippen MR) is 46.9 cm³/mol. The van der Waals surface area contributed by atoms with Crippen LogP contribution in [-0.4, -0.2) is 16.1 Å². The van der Waals surface area contributed by atoms with Gasteiger partial charge in [-0.15, -0.1) is 0 Å². The highest BCUT2D eigenvalue weighted by molar-refractivity contribution is 5.89. The summed E-state index contributed by atoms with van der Waals surface area (Å²) >= 11 is 0. The van der Waals surface area contributed by atoms with E-state index in [1.165, 1.54) is 6.92 Å². The Morgan fingerprint density at radius 1 is 1.64 bits per heavy atom. The SMILES string of the molecule is CC(=O)Nc1n[nH]c(CC#N)c1C#N. The molecule has 0 bridgehead atoms. The molecule has 2 N–H and O–H groups in total. The number of hydrogen-bond donors (Lipinski definition) is 2. The van der Waals surface area contributed by atoms with Crippen LogP contribution in [0.4, 0.5) is 5.82 Å². The molecule has 0 aliphatic heterocycles. The molecule has 0 saturated carbocycles. The average Bonchev–Trinajstić information content (AvgIpc) is 2.47. The summed E-state index contributed by atoms with van der Waals surface area (Å²) in [6.07, 6.45) is 0.0650. The van der Waals surface area contributed by atoms with E-state index in [1.54, 1.807) is 0 Å². The fourth-order valence-corrected chi connectivity index (χ4v) is 0.963. The minimum atomic E-state index is -0.309. The molecule has 0 saturated heterocycles. The van der Waals surface area contributed by atoms with Gasteiger partial charge >= 0.3 is 0 Å². The van der Waals surface area contributed by atoms with Crippen LogP contribution in [0.2, 0.25) is 0 Å². The van der Waals surface area contributed by atoms with Crippen LogP contribution in [0.3, 0.4) is 0 Å². The molecular formula is C8H7N5O. The van der Waals surface area contributed by atoms with Crippen molar-refractivity contribution in [3.63, 3.8) is 0 Å². The molecule has 6 heteroatoms. The van der Waals surface area contributed by atoms with Crippen molar-refractivity contribution in [3.05, 3.63) is 11.3 Å². The molecule has 0 unspecified atom stereocenters. The highest BCUT2D eigenvalue weighted by Crippen LogP contribution is 2.15. The molecule has 6 nitrogen and oxygen atoms in total. The summed E-state index contributed by atoms with van der Waals surface area (Å²) in [6, 6.07) is 3.77. The van der Waals surface area contributed by atoms with Crippen molar-refractivity contribution in [1.82, 2.24) is 10.2 Å². The third-order valence-corrected chi connectivity index (χ3v) is 1.50. The Morgan fingerprint density at radius 3 is 2.86 bits per heavy atom. The topological polar surface area (TPSA) is 105 Å². The number of rotatable bonds is 2. The maximum absolute atomic E-state index is 10.7. The van der Waals surface area contributed by atoms with E-state index in [0.717, 1.165) is 0 Å². The zero-order chi connectivity index (χ0) is 10.6. The molecule has 0 spiro atoms. The number of hydrogen-bond acceptors (Lipinski definition) is 4. The van der Waals surface area contributed by atoms with Gasteiger partial charge in [0.15, 0.2) is 5.82 Å². The molecule has 1 rings (SSSR count). The predicted octanol–water partition coefficient (Wildman–Crippen LogP) is 0.306. The Hall–Kier alpha value is -2.34. The molecule has 1 heterocycles. The van der Waals surface area contributed by atoms with Crippen LogP contribution in [0.1, 0.15) is 18.2 Å². The van der Waals surface area contributed by atoms with Crippen molar-refractivity contribution in [1.29, 1.82) is 10.5 Å². The molecule has 1 amide bonds. The van der Waals surface area contributed by atoms with Crippen molar-refractivity contribution < 1.29 is 4.79 Å². The molecule has 70 valence electrons. The van der Waals surface area contributed by atoms with Gasteiger partial charge in [-0.3, -0.25) is 9.89 Å². The molecule has 0 atom stereocenters. The highest BCUT2D eigenvalue weighted by atomic mass is 16.1. The summed E-state index contributed by atoms with van der Waals surface area (Å²) in [5.74, 6) is -0.137. The largest absolute Gasteiger partial charge is 0.308 e. The first-order valence-electron chi connectivity index (χ1n) is 3.81. The number of nitrogens with zero attached hydrogens (tertiary/aromatic N) is 3. The number of amides is 1. The van der Waals surface area contributed by atoms with Gasteiger partial charge in [0.1, 0.15) is 11.6 Å². The van der Waals surface area contributed by atoms with Crippen LogP contribution in [0.5, 0.6) is 0 Å². The van der Waals surface area contributed by atoms with Crippen LogP contribution in [-0.2, 0) is 11.2 Å². The lowest BCUT2D eigenvalue weighted by Gasteiger charge is -1.95. The number of carbonyl (C=O) groups is 1. The molecule has 0 fully saturated rings. The van der Waals surface area contributed by atoms with Gasteiger partial charge in [-0.2, -0.15) is 15.6 Å². The van der Waals surface area contributed by atoms with E-state index in [1.807, 2.05) is 12.1 Å². The first-order chi connectivity index (χ1) is 6.69. The summed E-state index contributed by atoms with van der Waals surface area (Å²) in [5.41, 5.74) is 0.625. The Labute approximate surface area is 80.1 Å². The number of aromatic amines is 1. The van der Waals surface area contributed by atoms with Crippen molar-refractivity contribution in [2.24, 2.45) is 0 Å². The van der Waals surface area contributed by atoms with Gasteiger partial charge in [0.25, 0.3) is 0 Å². The highest BCUT2D eigenvalue weighted by Gasteiger charge is 2.12. The summed E-state index contributed by atoms with van der Waals surface area (Å²) in [7, 11) is 0. The van der Waals surface area contributed by atoms with E-state index in [4.69, 9.17) is 10.5 Å². The summed E-state index contributed by atoms with van der Waals surface area (Å²) in [5, 5.41) is 25.8. The van der Waals surface area contributed by atoms with Crippen molar-refractivity contribution >= 4 is 11.7 Å².